The summed E-state index contributed by atoms with van der Waals surface area (Å²) in [6.07, 6.45) is 0. The van der Waals surface area contributed by atoms with Gasteiger partial charge in [-0.2, -0.15) is 0 Å². The lowest BCUT2D eigenvalue weighted by atomic mass is 9.95. The first-order valence-electron chi connectivity index (χ1n) is 8.43. The number of benzene rings is 2. The Balaban J connectivity index is 1.91. The molecule has 2 amide bonds. The standard InChI is InChI=1S/C20H18Cl2N2O4/c1-11-16(19(25)28-10-12-6-4-3-5-7-12)17(24-20(26)23-11)13-8-14(21)18(27-2)15(22)9-13/h3-9,17H,10H2,1-2H3,(H2,23,24,26). The SMILES string of the molecule is COc1c(Cl)cc(C2NC(=O)NC(C)=C2C(=O)OCc2ccccc2)cc1Cl. The molecule has 0 spiro atoms. The van der Waals surface area contributed by atoms with E-state index < -0.39 is 18.0 Å². The van der Waals surface area contributed by atoms with Gasteiger partial charge in [-0.05, 0) is 30.2 Å². The Hall–Kier alpha value is -2.70. The molecule has 1 aliphatic heterocycles. The van der Waals surface area contributed by atoms with E-state index in [4.69, 9.17) is 32.7 Å². The molecule has 0 saturated carbocycles. The van der Waals surface area contributed by atoms with Gasteiger partial charge in [0.05, 0.1) is 28.8 Å². The third-order valence-corrected chi connectivity index (χ3v) is 4.82. The number of methoxy groups -OCH3 is 1. The molecule has 0 aromatic heterocycles. The molecule has 0 fully saturated rings. The first-order valence-corrected chi connectivity index (χ1v) is 9.18. The highest BCUT2D eigenvalue weighted by Crippen LogP contribution is 2.38. The Bertz CT molecular complexity index is 921. The van der Waals surface area contributed by atoms with Gasteiger partial charge in [-0.25, -0.2) is 9.59 Å². The lowest BCUT2D eigenvalue weighted by molar-refractivity contribution is -0.140. The van der Waals surface area contributed by atoms with Crippen LogP contribution in [0.1, 0.15) is 24.1 Å². The molecule has 1 unspecified atom stereocenters. The van der Waals surface area contributed by atoms with Gasteiger partial charge in [0.2, 0.25) is 0 Å². The molecule has 0 radical (unpaired) electrons. The largest absolute Gasteiger partial charge is 0.494 e. The smallest absolute Gasteiger partial charge is 0.338 e. The molecule has 0 saturated heterocycles. The predicted molar refractivity (Wildman–Crippen MR) is 106 cm³/mol. The summed E-state index contributed by atoms with van der Waals surface area (Å²) < 4.78 is 10.6. The molecule has 2 aromatic rings. The molecule has 8 heteroatoms. The maximum Gasteiger partial charge on any atom is 0.338 e. The number of urea groups is 1. The van der Waals surface area contributed by atoms with Crippen molar-refractivity contribution in [1.82, 2.24) is 10.6 Å². The first-order chi connectivity index (χ1) is 13.4. The molecular weight excluding hydrogens is 403 g/mol. The molecule has 2 aromatic carbocycles. The molecule has 146 valence electrons. The Morgan fingerprint density at radius 1 is 1.14 bits per heavy atom. The lowest BCUT2D eigenvalue weighted by Gasteiger charge is -2.28. The number of ether oxygens (including phenoxy) is 2. The van der Waals surface area contributed by atoms with E-state index in [0.29, 0.717) is 17.0 Å². The summed E-state index contributed by atoms with van der Waals surface area (Å²) in [4.78, 5) is 24.8. The van der Waals surface area contributed by atoms with E-state index in [1.165, 1.54) is 7.11 Å². The Morgan fingerprint density at radius 3 is 2.39 bits per heavy atom. The molecule has 1 heterocycles. The normalized spacial score (nSPS) is 16.3. The Morgan fingerprint density at radius 2 is 1.79 bits per heavy atom. The summed E-state index contributed by atoms with van der Waals surface area (Å²) >= 11 is 12.5. The highest BCUT2D eigenvalue weighted by Gasteiger charge is 2.33. The highest BCUT2D eigenvalue weighted by atomic mass is 35.5. The van der Waals surface area contributed by atoms with Crippen LogP contribution < -0.4 is 15.4 Å². The first kappa shape index (κ1) is 20.0. The number of amides is 2. The quantitative estimate of drug-likeness (QED) is 0.703. The summed E-state index contributed by atoms with van der Waals surface area (Å²) in [5, 5.41) is 5.86. The minimum absolute atomic E-state index is 0.112. The molecule has 6 nitrogen and oxygen atoms in total. The Labute approximate surface area is 172 Å². The van der Waals surface area contributed by atoms with Gasteiger partial charge >= 0.3 is 12.0 Å². The second-order valence-corrected chi connectivity index (χ2v) is 6.96. The summed E-state index contributed by atoms with van der Waals surface area (Å²) in [7, 11) is 1.45. The van der Waals surface area contributed by atoms with Crippen LogP contribution in [-0.2, 0) is 16.1 Å². The van der Waals surface area contributed by atoms with Crippen LogP contribution in [0.15, 0.2) is 53.7 Å². The van der Waals surface area contributed by atoms with E-state index in [1.54, 1.807) is 19.1 Å². The number of halogens is 2. The molecule has 3 rings (SSSR count). The second-order valence-electron chi connectivity index (χ2n) is 6.15. The van der Waals surface area contributed by atoms with Crippen LogP contribution in [0.4, 0.5) is 4.79 Å². The average molecular weight is 421 g/mol. The number of hydrogen-bond donors (Lipinski definition) is 2. The summed E-state index contributed by atoms with van der Waals surface area (Å²) in [6.45, 7) is 1.75. The van der Waals surface area contributed by atoms with Gasteiger partial charge in [0.15, 0.2) is 5.75 Å². The molecule has 1 atom stereocenters. The summed E-state index contributed by atoms with van der Waals surface area (Å²) in [6, 6.07) is 11.3. The van der Waals surface area contributed by atoms with E-state index in [1.807, 2.05) is 30.3 Å². The number of nitrogens with one attached hydrogen (secondary N) is 2. The average Bonchev–Trinajstić information content (AvgIpc) is 2.66. The monoisotopic (exact) mass is 420 g/mol. The predicted octanol–water partition coefficient (Wildman–Crippen LogP) is 4.37. The van der Waals surface area contributed by atoms with Crippen molar-refractivity contribution in [2.24, 2.45) is 0 Å². The maximum atomic E-state index is 12.8. The van der Waals surface area contributed by atoms with Crippen molar-refractivity contribution in [2.45, 2.75) is 19.6 Å². The highest BCUT2D eigenvalue weighted by molar-refractivity contribution is 6.37. The number of esters is 1. The second kappa shape index (κ2) is 8.54. The van der Waals surface area contributed by atoms with Crippen molar-refractivity contribution in [1.29, 1.82) is 0 Å². The lowest BCUT2D eigenvalue weighted by Crippen LogP contribution is -2.45. The molecular formula is C20H18Cl2N2O4. The fraction of sp³-hybridized carbons (Fsp3) is 0.200. The minimum Gasteiger partial charge on any atom is -0.494 e. The zero-order valence-corrected chi connectivity index (χ0v) is 16.7. The topological polar surface area (TPSA) is 76.7 Å². The molecule has 2 N–H and O–H groups in total. The zero-order chi connectivity index (χ0) is 20.3. The van der Waals surface area contributed by atoms with Crippen molar-refractivity contribution in [3.63, 3.8) is 0 Å². The van der Waals surface area contributed by atoms with Gasteiger partial charge in [0, 0.05) is 5.70 Å². The zero-order valence-electron chi connectivity index (χ0n) is 15.2. The molecule has 0 aliphatic carbocycles. The van der Waals surface area contributed by atoms with E-state index in [9.17, 15) is 9.59 Å². The fourth-order valence-electron chi connectivity index (χ4n) is 2.96. The fourth-order valence-corrected chi connectivity index (χ4v) is 3.61. The third-order valence-electron chi connectivity index (χ3n) is 4.26. The van der Waals surface area contributed by atoms with Crippen molar-refractivity contribution in [2.75, 3.05) is 7.11 Å². The number of allylic oxidation sites excluding steroid dienone is 1. The van der Waals surface area contributed by atoms with Crippen molar-refractivity contribution < 1.29 is 19.1 Å². The van der Waals surface area contributed by atoms with Crippen molar-refractivity contribution in [3.05, 3.63) is 74.9 Å². The Kier molecular flexibility index (Phi) is 6.11. The van der Waals surface area contributed by atoms with Gasteiger partial charge in [0.25, 0.3) is 0 Å². The van der Waals surface area contributed by atoms with Gasteiger partial charge in [-0.15, -0.1) is 0 Å². The van der Waals surface area contributed by atoms with Crippen LogP contribution in [0.2, 0.25) is 10.0 Å². The number of carbonyl (C=O) groups is 2. The van der Waals surface area contributed by atoms with Crippen LogP contribution in [0.3, 0.4) is 0 Å². The van der Waals surface area contributed by atoms with Crippen LogP contribution in [0.25, 0.3) is 0 Å². The number of rotatable bonds is 5. The summed E-state index contributed by atoms with van der Waals surface area (Å²) in [5.74, 6) is -0.233. The van der Waals surface area contributed by atoms with Gasteiger partial charge in [0.1, 0.15) is 6.61 Å². The van der Waals surface area contributed by atoms with E-state index >= 15 is 0 Å². The van der Waals surface area contributed by atoms with Crippen molar-refractivity contribution in [3.8, 4) is 5.75 Å². The van der Waals surface area contributed by atoms with E-state index in [0.717, 1.165) is 5.56 Å². The van der Waals surface area contributed by atoms with Crippen LogP contribution in [0, 0.1) is 0 Å². The molecule has 0 bridgehead atoms. The molecule has 28 heavy (non-hydrogen) atoms. The van der Waals surface area contributed by atoms with Crippen LogP contribution >= 0.6 is 23.2 Å². The molecule has 1 aliphatic rings. The minimum atomic E-state index is -0.766. The van der Waals surface area contributed by atoms with Crippen LogP contribution in [0.5, 0.6) is 5.75 Å². The van der Waals surface area contributed by atoms with Gasteiger partial charge in [-0.3, -0.25) is 0 Å². The summed E-state index contributed by atoms with van der Waals surface area (Å²) in [5.41, 5.74) is 2.06. The van der Waals surface area contributed by atoms with E-state index in [2.05, 4.69) is 10.6 Å². The number of carbonyl (C=O) groups excluding carboxylic acids is 2. The van der Waals surface area contributed by atoms with Gasteiger partial charge < -0.3 is 20.1 Å². The van der Waals surface area contributed by atoms with Crippen molar-refractivity contribution >= 4 is 35.2 Å². The van der Waals surface area contributed by atoms with E-state index in [-0.39, 0.29) is 22.2 Å². The van der Waals surface area contributed by atoms with Crippen LogP contribution in [-0.4, -0.2) is 19.1 Å². The maximum absolute atomic E-state index is 12.8. The number of hydrogen-bond acceptors (Lipinski definition) is 4. The third kappa shape index (κ3) is 4.24. The van der Waals surface area contributed by atoms with Gasteiger partial charge in [-0.1, -0.05) is 53.5 Å².